The second-order valence-electron chi connectivity index (χ2n) is 7.74. The lowest BCUT2D eigenvalue weighted by atomic mass is 10.0. The molecule has 2 aromatic carbocycles. The summed E-state index contributed by atoms with van der Waals surface area (Å²) in [6, 6.07) is 19.9. The molecule has 0 unspecified atom stereocenters. The van der Waals surface area contributed by atoms with E-state index in [-0.39, 0.29) is 23.5 Å². The van der Waals surface area contributed by atoms with Crippen LogP contribution < -0.4 is 10.9 Å². The normalized spacial score (nSPS) is 10.9. The largest absolute Gasteiger partial charge is 0.290 e. The summed E-state index contributed by atoms with van der Waals surface area (Å²) in [5.41, 5.74) is 4.13. The van der Waals surface area contributed by atoms with Crippen LogP contribution in [0.25, 0.3) is 22.5 Å². The molecule has 4 aromatic rings. The molecule has 0 aliphatic rings. The number of carbonyl (C=O) groups is 1. The second kappa shape index (κ2) is 8.93. The van der Waals surface area contributed by atoms with Gasteiger partial charge in [0.05, 0.1) is 17.4 Å². The first kappa shape index (κ1) is 21.1. The van der Waals surface area contributed by atoms with Crippen molar-refractivity contribution in [3.05, 3.63) is 94.4 Å². The topological polar surface area (TPSA) is 89.8 Å². The fourth-order valence-electron chi connectivity index (χ4n) is 3.26. The van der Waals surface area contributed by atoms with E-state index in [1.165, 1.54) is 10.7 Å². The molecule has 7 heteroatoms. The molecule has 1 N–H and O–H groups in total. The zero-order valence-corrected chi connectivity index (χ0v) is 18.1. The van der Waals surface area contributed by atoms with Crippen LogP contribution in [0.5, 0.6) is 0 Å². The van der Waals surface area contributed by atoms with Crippen LogP contribution >= 0.6 is 0 Å². The fourth-order valence-corrected chi connectivity index (χ4v) is 3.26. The average molecular weight is 425 g/mol. The van der Waals surface area contributed by atoms with Crippen LogP contribution in [0.1, 0.15) is 35.8 Å². The van der Waals surface area contributed by atoms with Crippen LogP contribution in [0.2, 0.25) is 0 Å². The third-order valence-electron chi connectivity index (χ3n) is 4.97. The zero-order valence-electron chi connectivity index (χ0n) is 18.1. The van der Waals surface area contributed by atoms with E-state index in [2.05, 4.69) is 20.4 Å². The maximum Gasteiger partial charge on any atom is 0.267 e. The molecule has 0 fully saturated rings. The molecule has 0 atom stereocenters. The SMILES string of the molecule is Cc1ccc(C(=O)Nc2ncc(-c3ccc(=O)n(C(C)C)n3)c(-c3ccccc3)n2)cc1. The maximum absolute atomic E-state index is 12.6. The Labute approximate surface area is 185 Å². The lowest BCUT2D eigenvalue weighted by Gasteiger charge is -2.13. The molecule has 32 heavy (non-hydrogen) atoms. The average Bonchev–Trinajstić information content (AvgIpc) is 2.80. The minimum absolute atomic E-state index is 0.0865. The molecule has 7 nitrogen and oxygen atoms in total. The number of amides is 1. The summed E-state index contributed by atoms with van der Waals surface area (Å²) in [4.78, 5) is 33.8. The first-order chi connectivity index (χ1) is 15.4. The molecule has 0 saturated heterocycles. The first-order valence-electron chi connectivity index (χ1n) is 10.3. The Morgan fingerprint density at radius 3 is 2.38 bits per heavy atom. The second-order valence-corrected chi connectivity index (χ2v) is 7.74. The Bertz CT molecular complexity index is 1310. The van der Waals surface area contributed by atoms with Gasteiger partial charge in [-0.25, -0.2) is 14.6 Å². The fraction of sp³-hybridized carbons (Fsp3) is 0.160. The van der Waals surface area contributed by atoms with Crippen molar-refractivity contribution >= 4 is 11.9 Å². The molecule has 1 amide bonds. The van der Waals surface area contributed by atoms with Crippen LogP contribution in [0, 0.1) is 6.92 Å². The van der Waals surface area contributed by atoms with Crippen LogP contribution in [-0.2, 0) is 0 Å². The zero-order chi connectivity index (χ0) is 22.7. The van der Waals surface area contributed by atoms with Crippen LogP contribution in [0.15, 0.2) is 77.7 Å². The Hall–Kier alpha value is -4.13. The highest BCUT2D eigenvalue weighted by atomic mass is 16.2. The number of aryl methyl sites for hydroxylation is 1. The van der Waals surface area contributed by atoms with Gasteiger partial charge in [-0.3, -0.25) is 14.9 Å². The summed E-state index contributed by atoms with van der Waals surface area (Å²) in [5.74, 6) is -0.0985. The van der Waals surface area contributed by atoms with E-state index in [1.54, 1.807) is 24.4 Å². The van der Waals surface area contributed by atoms with Crippen LogP contribution in [0.4, 0.5) is 5.95 Å². The quantitative estimate of drug-likeness (QED) is 0.508. The van der Waals surface area contributed by atoms with E-state index in [4.69, 9.17) is 0 Å². The molecule has 2 aromatic heterocycles. The predicted octanol–water partition coefficient (Wildman–Crippen LogP) is 4.51. The van der Waals surface area contributed by atoms with Gasteiger partial charge in [0.1, 0.15) is 0 Å². The number of aromatic nitrogens is 4. The van der Waals surface area contributed by atoms with Crippen LogP contribution in [-0.4, -0.2) is 25.7 Å². The van der Waals surface area contributed by atoms with Gasteiger partial charge in [0.2, 0.25) is 5.95 Å². The summed E-state index contributed by atoms with van der Waals surface area (Å²) in [6.07, 6.45) is 1.62. The number of nitrogens with zero attached hydrogens (tertiary/aromatic N) is 4. The van der Waals surface area contributed by atoms with Gasteiger partial charge in [-0.2, -0.15) is 5.10 Å². The number of rotatable bonds is 5. The van der Waals surface area contributed by atoms with Crippen molar-refractivity contribution in [2.24, 2.45) is 0 Å². The minimum atomic E-state index is -0.289. The van der Waals surface area contributed by atoms with Gasteiger partial charge in [0.15, 0.2) is 0 Å². The van der Waals surface area contributed by atoms with Gasteiger partial charge in [-0.1, -0.05) is 48.0 Å². The lowest BCUT2D eigenvalue weighted by molar-refractivity contribution is 0.102. The summed E-state index contributed by atoms with van der Waals surface area (Å²) in [6.45, 7) is 5.76. The first-order valence-corrected chi connectivity index (χ1v) is 10.3. The maximum atomic E-state index is 12.6. The van der Waals surface area contributed by atoms with Crippen molar-refractivity contribution in [3.8, 4) is 22.5 Å². The van der Waals surface area contributed by atoms with Crippen molar-refractivity contribution in [1.29, 1.82) is 0 Å². The highest BCUT2D eigenvalue weighted by molar-refractivity contribution is 6.03. The molecule has 0 saturated carbocycles. The molecule has 4 rings (SSSR count). The summed E-state index contributed by atoms with van der Waals surface area (Å²) in [7, 11) is 0. The van der Waals surface area contributed by atoms with Crippen molar-refractivity contribution in [1.82, 2.24) is 19.7 Å². The minimum Gasteiger partial charge on any atom is -0.290 e. The van der Waals surface area contributed by atoms with Crippen molar-refractivity contribution in [3.63, 3.8) is 0 Å². The Morgan fingerprint density at radius 2 is 1.69 bits per heavy atom. The Kier molecular flexibility index (Phi) is 5.89. The van der Waals surface area contributed by atoms with E-state index < -0.39 is 0 Å². The van der Waals surface area contributed by atoms with E-state index >= 15 is 0 Å². The Morgan fingerprint density at radius 1 is 0.969 bits per heavy atom. The van der Waals surface area contributed by atoms with Gasteiger partial charge in [-0.05, 0) is 39.0 Å². The molecular formula is C25H23N5O2. The third-order valence-corrected chi connectivity index (χ3v) is 4.97. The van der Waals surface area contributed by atoms with Gasteiger partial charge < -0.3 is 0 Å². The summed E-state index contributed by atoms with van der Waals surface area (Å²) < 4.78 is 1.43. The molecule has 0 radical (unpaired) electrons. The molecule has 160 valence electrons. The molecule has 0 aliphatic heterocycles. The number of hydrogen-bond acceptors (Lipinski definition) is 5. The van der Waals surface area contributed by atoms with Gasteiger partial charge in [0.25, 0.3) is 11.5 Å². The van der Waals surface area contributed by atoms with E-state index in [0.29, 0.717) is 22.5 Å². The molecular weight excluding hydrogens is 402 g/mol. The predicted molar refractivity (Wildman–Crippen MR) is 124 cm³/mol. The molecule has 0 bridgehead atoms. The number of anilines is 1. The molecule has 0 spiro atoms. The van der Waals surface area contributed by atoms with Crippen LogP contribution in [0.3, 0.4) is 0 Å². The van der Waals surface area contributed by atoms with Gasteiger partial charge in [0, 0.05) is 29.0 Å². The lowest BCUT2D eigenvalue weighted by Crippen LogP contribution is -2.24. The number of hydrogen-bond donors (Lipinski definition) is 1. The molecule has 0 aliphatic carbocycles. The Balaban J connectivity index is 1.77. The highest BCUT2D eigenvalue weighted by Gasteiger charge is 2.16. The van der Waals surface area contributed by atoms with Crippen molar-refractivity contribution in [2.75, 3.05) is 5.32 Å². The van der Waals surface area contributed by atoms with Crippen molar-refractivity contribution < 1.29 is 4.79 Å². The monoisotopic (exact) mass is 425 g/mol. The van der Waals surface area contributed by atoms with E-state index in [1.807, 2.05) is 63.2 Å². The van der Waals surface area contributed by atoms with Gasteiger partial charge >= 0.3 is 0 Å². The third kappa shape index (κ3) is 4.46. The smallest absolute Gasteiger partial charge is 0.267 e. The summed E-state index contributed by atoms with van der Waals surface area (Å²) >= 11 is 0. The number of nitrogens with one attached hydrogen (secondary N) is 1. The summed E-state index contributed by atoms with van der Waals surface area (Å²) in [5, 5.41) is 7.28. The number of carbonyl (C=O) groups excluding carboxylic acids is 1. The van der Waals surface area contributed by atoms with Crippen molar-refractivity contribution in [2.45, 2.75) is 26.8 Å². The van der Waals surface area contributed by atoms with E-state index in [0.717, 1.165) is 11.1 Å². The molecule has 2 heterocycles. The van der Waals surface area contributed by atoms with E-state index in [9.17, 15) is 9.59 Å². The standard InChI is InChI=1S/C25H23N5O2/c1-16(2)30-22(31)14-13-21(29-30)20-15-26-25(27-23(20)18-7-5-4-6-8-18)28-24(32)19-11-9-17(3)10-12-19/h4-16H,1-3H3,(H,26,27,28,32). The van der Waals surface area contributed by atoms with Gasteiger partial charge in [-0.15, -0.1) is 0 Å². The highest BCUT2D eigenvalue weighted by Crippen LogP contribution is 2.29. The number of benzene rings is 2.